The van der Waals surface area contributed by atoms with Crippen LogP contribution in [0.4, 0.5) is 5.82 Å². The standard InChI is InChI=1S/C23H26N6O8S/c1-36-23(33)14-7-3-2-6-13(14)15(30)8-4-5-9-38(34,35)28-10-16-18(31)19(32)22(37-16)29-12-27-17-20(24)25-11-26-21(17)29/h2-3,5-7,9,11-12,16,18-19,22,28,31-32H,4,8,10H2,1H3,(H2,24,25,26)/b9-5+/t16-,18-,19-,22-/m1/s1. The van der Waals surface area contributed by atoms with Gasteiger partial charge in [-0.25, -0.2) is 32.9 Å². The van der Waals surface area contributed by atoms with Gasteiger partial charge in [0.25, 0.3) is 0 Å². The van der Waals surface area contributed by atoms with Crippen LogP contribution in [0.25, 0.3) is 11.2 Å². The fourth-order valence-corrected chi connectivity index (χ4v) is 4.87. The van der Waals surface area contributed by atoms with Crippen LogP contribution in [0.2, 0.25) is 0 Å². The lowest BCUT2D eigenvalue weighted by atomic mass is 10.0. The van der Waals surface area contributed by atoms with Gasteiger partial charge in [-0.15, -0.1) is 0 Å². The molecule has 15 heteroatoms. The average molecular weight is 547 g/mol. The van der Waals surface area contributed by atoms with E-state index in [4.69, 9.17) is 10.5 Å². The topological polar surface area (TPSA) is 209 Å². The van der Waals surface area contributed by atoms with Crippen molar-refractivity contribution in [3.05, 3.63) is 59.5 Å². The number of rotatable bonds is 10. The number of hydrogen-bond acceptors (Lipinski definition) is 12. The number of sulfonamides is 1. The van der Waals surface area contributed by atoms with Gasteiger partial charge in [-0.1, -0.05) is 24.3 Å². The van der Waals surface area contributed by atoms with Crippen LogP contribution < -0.4 is 10.5 Å². The number of carbonyl (C=O) groups excluding carboxylic acids is 2. The largest absolute Gasteiger partial charge is 0.465 e. The van der Waals surface area contributed by atoms with Gasteiger partial charge in [-0.2, -0.15) is 0 Å². The summed E-state index contributed by atoms with van der Waals surface area (Å²) >= 11 is 0. The number of nitrogens with one attached hydrogen (secondary N) is 1. The second kappa shape index (κ2) is 11.3. The number of nitrogens with two attached hydrogens (primary N) is 1. The van der Waals surface area contributed by atoms with Crippen LogP contribution in [0.15, 0.2) is 48.4 Å². The monoisotopic (exact) mass is 546 g/mol. The number of esters is 1. The third-order valence-corrected chi connectivity index (χ3v) is 7.05. The highest BCUT2D eigenvalue weighted by Crippen LogP contribution is 2.31. The second-order valence-electron chi connectivity index (χ2n) is 8.39. The van der Waals surface area contributed by atoms with Gasteiger partial charge in [-0.3, -0.25) is 9.36 Å². The highest BCUT2D eigenvalue weighted by atomic mass is 32.2. The number of aromatic nitrogens is 4. The van der Waals surface area contributed by atoms with Crippen LogP contribution >= 0.6 is 0 Å². The summed E-state index contributed by atoms with van der Waals surface area (Å²) in [6, 6.07) is 6.20. The lowest BCUT2D eigenvalue weighted by Gasteiger charge is -2.16. The van der Waals surface area contributed by atoms with E-state index < -0.39 is 40.5 Å². The minimum atomic E-state index is -3.95. The molecule has 3 aromatic rings. The van der Waals surface area contributed by atoms with Gasteiger partial charge in [0.05, 0.1) is 19.0 Å². The number of methoxy groups -OCH3 is 1. The summed E-state index contributed by atoms with van der Waals surface area (Å²) in [5.41, 5.74) is 6.67. The predicted octanol–water partition coefficient (Wildman–Crippen LogP) is -0.0895. The molecule has 1 saturated heterocycles. The maximum absolute atomic E-state index is 12.5. The third kappa shape index (κ3) is 5.71. The molecule has 14 nitrogen and oxygen atoms in total. The summed E-state index contributed by atoms with van der Waals surface area (Å²) in [7, 11) is -2.74. The number of aliphatic hydroxyl groups is 2. The van der Waals surface area contributed by atoms with Crippen LogP contribution in [0.1, 0.15) is 39.8 Å². The van der Waals surface area contributed by atoms with E-state index in [1.807, 2.05) is 0 Å². The van der Waals surface area contributed by atoms with Crippen LogP contribution in [0, 0.1) is 0 Å². The Morgan fingerprint density at radius 1 is 1.18 bits per heavy atom. The molecule has 0 amide bonds. The van der Waals surface area contributed by atoms with Crippen molar-refractivity contribution in [2.45, 2.75) is 37.4 Å². The number of benzene rings is 1. The van der Waals surface area contributed by atoms with Crippen molar-refractivity contribution >= 4 is 38.8 Å². The molecule has 202 valence electrons. The molecule has 5 N–H and O–H groups in total. The van der Waals surface area contributed by atoms with Crippen molar-refractivity contribution in [3.63, 3.8) is 0 Å². The van der Waals surface area contributed by atoms with Crippen molar-refractivity contribution in [1.82, 2.24) is 24.2 Å². The average Bonchev–Trinajstić information content (AvgIpc) is 3.46. The molecule has 0 unspecified atom stereocenters. The molecule has 0 aliphatic carbocycles. The molecule has 1 fully saturated rings. The molecule has 1 aliphatic heterocycles. The summed E-state index contributed by atoms with van der Waals surface area (Å²) in [4.78, 5) is 36.4. The van der Waals surface area contributed by atoms with Gasteiger partial charge in [0.2, 0.25) is 10.0 Å². The lowest BCUT2D eigenvalue weighted by molar-refractivity contribution is -0.0329. The number of imidazole rings is 1. The van der Waals surface area contributed by atoms with Gasteiger partial charge in [0.1, 0.15) is 30.2 Å². The highest BCUT2D eigenvalue weighted by Gasteiger charge is 2.44. The molecule has 0 spiro atoms. The van der Waals surface area contributed by atoms with E-state index in [2.05, 4.69) is 24.4 Å². The molecule has 4 atom stereocenters. The summed E-state index contributed by atoms with van der Waals surface area (Å²) in [5, 5.41) is 21.8. The Morgan fingerprint density at radius 3 is 2.66 bits per heavy atom. The molecule has 2 aromatic heterocycles. The van der Waals surface area contributed by atoms with E-state index >= 15 is 0 Å². The molecule has 1 aliphatic rings. The normalized spacial score (nSPS) is 21.8. The maximum atomic E-state index is 12.5. The molecular weight excluding hydrogens is 520 g/mol. The second-order valence-corrected chi connectivity index (χ2v) is 10.0. The Hall–Kier alpha value is -3.76. The number of aliphatic hydroxyl groups excluding tert-OH is 2. The van der Waals surface area contributed by atoms with Gasteiger partial charge in [0.15, 0.2) is 23.5 Å². The van der Waals surface area contributed by atoms with E-state index in [1.165, 1.54) is 42.5 Å². The summed E-state index contributed by atoms with van der Waals surface area (Å²) < 4.78 is 38.9. The van der Waals surface area contributed by atoms with Crippen molar-refractivity contribution in [3.8, 4) is 0 Å². The molecule has 0 radical (unpaired) electrons. The predicted molar refractivity (Wildman–Crippen MR) is 133 cm³/mol. The van der Waals surface area contributed by atoms with Crippen molar-refractivity contribution in [2.75, 3.05) is 19.4 Å². The zero-order chi connectivity index (χ0) is 27.4. The molecule has 3 heterocycles. The molecule has 4 rings (SSSR count). The number of ketones is 1. The number of carbonyl (C=O) groups is 2. The van der Waals surface area contributed by atoms with Gasteiger partial charge >= 0.3 is 5.97 Å². The number of fused-ring (bicyclic) bond motifs is 1. The number of Topliss-reactive ketones (excluding diaryl/α,β-unsaturated/α-hetero) is 1. The zero-order valence-electron chi connectivity index (χ0n) is 20.2. The number of nitrogens with zero attached hydrogens (tertiary/aromatic N) is 4. The number of ether oxygens (including phenoxy) is 2. The van der Waals surface area contributed by atoms with E-state index in [-0.39, 0.29) is 47.8 Å². The molecule has 38 heavy (non-hydrogen) atoms. The zero-order valence-corrected chi connectivity index (χ0v) is 21.0. The van der Waals surface area contributed by atoms with Crippen LogP contribution in [-0.2, 0) is 19.5 Å². The Kier molecular flexibility index (Phi) is 8.13. The van der Waals surface area contributed by atoms with Crippen LogP contribution in [0.5, 0.6) is 0 Å². The Labute approximate surface area is 217 Å². The number of hydrogen-bond donors (Lipinski definition) is 4. The van der Waals surface area contributed by atoms with E-state index in [1.54, 1.807) is 12.1 Å². The Morgan fingerprint density at radius 2 is 1.92 bits per heavy atom. The van der Waals surface area contributed by atoms with Gasteiger partial charge in [-0.05, 0) is 12.5 Å². The fourth-order valence-electron chi connectivity index (χ4n) is 3.99. The molecule has 0 saturated carbocycles. The molecular formula is C23H26N6O8S. The first-order valence-corrected chi connectivity index (χ1v) is 13.0. The maximum Gasteiger partial charge on any atom is 0.338 e. The number of allylic oxidation sites excluding steroid dienone is 1. The quantitative estimate of drug-likeness (QED) is 0.194. The molecule has 0 bridgehead atoms. The van der Waals surface area contributed by atoms with Crippen molar-refractivity contribution < 1.29 is 37.7 Å². The first-order valence-electron chi connectivity index (χ1n) is 11.4. The first kappa shape index (κ1) is 27.3. The Bertz CT molecular complexity index is 1470. The Balaban J connectivity index is 1.33. The third-order valence-electron chi connectivity index (χ3n) is 5.93. The van der Waals surface area contributed by atoms with Crippen LogP contribution in [0.3, 0.4) is 0 Å². The number of anilines is 1. The smallest absolute Gasteiger partial charge is 0.338 e. The van der Waals surface area contributed by atoms with Crippen molar-refractivity contribution in [1.29, 1.82) is 0 Å². The summed E-state index contributed by atoms with van der Waals surface area (Å²) in [5.74, 6) is -0.853. The minimum Gasteiger partial charge on any atom is -0.465 e. The van der Waals surface area contributed by atoms with E-state index in [0.29, 0.717) is 5.52 Å². The van der Waals surface area contributed by atoms with Crippen LogP contribution in [-0.4, -0.2) is 81.9 Å². The van der Waals surface area contributed by atoms with E-state index in [0.717, 1.165) is 5.41 Å². The number of nitrogen functional groups attached to an aromatic ring is 1. The highest BCUT2D eigenvalue weighted by molar-refractivity contribution is 7.92. The van der Waals surface area contributed by atoms with Gasteiger partial charge in [0, 0.05) is 23.9 Å². The van der Waals surface area contributed by atoms with Crippen molar-refractivity contribution in [2.24, 2.45) is 0 Å². The summed E-state index contributed by atoms with van der Waals surface area (Å²) in [6.45, 7) is -0.337. The first-order chi connectivity index (χ1) is 18.1. The fraction of sp³-hybridized carbons (Fsp3) is 0.348. The molecule has 1 aromatic carbocycles. The van der Waals surface area contributed by atoms with Gasteiger partial charge < -0.3 is 25.4 Å². The summed E-state index contributed by atoms with van der Waals surface area (Å²) in [6.07, 6.45) is -1.06. The minimum absolute atomic E-state index is 0.0364. The van der Waals surface area contributed by atoms with E-state index in [9.17, 15) is 28.2 Å². The SMILES string of the molecule is COC(=O)c1ccccc1C(=O)CC/C=C/S(=O)(=O)NC[C@H]1O[C@@H](n2cnc3c(N)ncnc32)[C@H](O)[C@@H]1O. The lowest BCUT2D eigenvalue weighted by Crippen LogP contribution is -2.39.